The van der Waals surface area contributed by atoms with Crippen molar-refractivity contribution in [1.82, 2.24) is 0 Å². The average molecular weight is 325 g/mol. The molecule has 0 amide bonds. The van der Waals surface area contributed by atoms with E-state index in [0.717, 1.165) is 11.1 Å². The number of halogens is 3. The Morgan fingerprint density at radius 1 is 1.05 bits per heavy atom. The first-order valence-corrected chi connectivity index (χ1v) is 7.72. The van der Waals surface area contributed by atoms with E-state index < -0.39 is 5.38 Å². The Balaban J connectivity index is 2.56. The van der Waals surface area contributed by atoms with Crippen molar-refractivity contribution in [2.75, 3.05) is 0 Å². The third-order valence-corrected chi connectivity index (χ3v) is 4.39. The number of hydrogen-bond acceptors (Lipinski definition) is 0. The molecule has 0 aliphatic carbocycles. The van der Waals surface area contributed by atoms with Crippen LogP contribution in [-0.4, -0.2) is 0 Å². The summed E-state index contributed by atoms with van der Waals surface area (Å²) >= 11 is 12.9. The molecule has 1 atom stereocenters. The van der Waals surface area contributed by atoms with Crippen LogP contribution in [0.15, 0.2) is 36.4 Å². The number of alkyl halides is 1. The van der Waals surface area contributed by atoms with E-state index in [1.807, 2.05) is 18.2 Å². The predicted molar refractivity (Wildman–Crippen MR) is 89.0 cm³/mol. The average Bonchev–Trinajstić information content (AvgIpc) is 2.41. The SMILES string of the molecule is Cc1cc(C(Cl)c2ccccc2C(C)(C)C)c(Cl)cc1F. The standard InChI is InChI=1S/C18H19Cl2F/c1-11-9-13(15(19)10-16(11)21)17(20)12-7-5-6-8-14(12)18(2,3)4/h5-10,17H,1-4H3. The summed E-state index contributed by atoms with van der Waals surface area (Å²) in [5.41, 5.74) is 3.45. The van der Waals surface area contributed by atoms with Crippen molar-refractivity contribution in [3.05, 3.63) is 69.5 Å². The predicted octanol–water partition coefficient (Wildman–Crippen LogP) is 6.41. The molecule has 0 aliphatic heterocycles. The summed E-state index contributed by atoms with van der Waals surface area (Å²) in [6.07, 6.45) is 0. The molecule has 3 heteroatoms. The molecule has 0 bridgehead atoms. The highest BCUT2D eigenvalue weighted by molar-refractivity contribution is 6.33. The lowest BCUT2D eigenvalue weighted by Gasteiger charge is -2.25. The van der Waals surface area contributed by atoms with Crippen LogP contribution in [0, 0.1) is 12.7 Å². The largest absolute Gasteiger partial charge is 0.207 e. The maximum absolute atomic E-state index is 13.6. The van der Waals surface area contributed by atoms with Gasteiger partial charge in [-0.25, -0.2) is 4.39 Å². The first-order chi connectivity index (χ1) is 9.71. The van der Waals surface area contributed by atoms with Gasteiger partial charge in [0.25, 0.3) is 0 Å². The van der Waals surface area contributed by atoms with E-state index in [1.54, 1.807) is 13.0 Å². The molecular weight excluding hydrogens is 306 g/mol. The highest BCUT2D eigenvalue weighted by Crippen LogP contribution is 2.39. The zero-order chi connectivity index (χ0) is 15.8. The van der Waals surface area contributed by atoms with Crippen molar-refractivity contribution in [2.24, 2.45) is 0 Å². The summed E-state index contributed by atoms with van der Waals surface area (Å²) in [6.45, 7) is 8.15. The number of benzene rings is 2. The van der Waals surface area contributed by atoms with Gasteiger partial charge in [-0.2, -0.15) is 0 Å². The van der Waals surface area contributed by atoms with E-state index in [2.05, 4.69) is 26.8 Å². The summed E-state index contributed by atoms with van der Waals surface area (Å²) < 4.78 is 13.6. The molecule has 0 N–H and O–H groups in total. The topological polar surface area (TPSA) is 0 Å². The second kappa shape index (κ2) is 5.98. The van der Waals surface area contributed by atoms with Gasteiger partial charge >= 0.3 is 0 Å². The van der Waals surface area contributed by atoms with Gasteiger partial charge in [-0.05, 0) is 46.7 Å². The maximum atomic E-state index is 13.6. The molecule has 0 saturated heterocycles. The van der Waals surface area contributed by atoms with Crippen LogP contribution < -0.4 is 0 Å². The molecule has 2 aromatic carbocycles. The van der Waals surface area contributed by atoms with Crippen LogP contribution in [-0.2, 0) is 5.41 Å². The second-order valence-electron chi connectivity index (χ2n) is 6.32. The molecule has 0 nitrogen and oxygen atoms in total. The van der Waals surface area contributed by atoms with Crippen molar-refractivity contribution in [2.45, 2.75) is 38.5 Å². The van der Waals surface area contributed by atoms with Crippen molar-refractivity contribution >= 4 is 23.2 Å². The molecule has 112 valence electrons. The minimum atomic E-state index is -0.396. The van der Waals surface area contributed by atoms with Gasteiger partial charge in [-0.3, -0.25) is 0 Å². The molecule has 1 unspecified atom stereocenters. The Morgan fingerprint density at radius 3 is 2.29 bits per heavy atom. The van der Waals surface area contributed by atoms with Gasteiger partial charge in [0.2, 0.25) is 0 Å². The molecule has 21 heavy (non-hydrogen) atoms. The van der Waals surface area contributed by atoms with Gasteiger partial charge in [0, 0.05) is 5.02 Å². The fraction of sp³-hybridized carbons (Fsp3) is 0.333. The maximum Gasteiger partial charge on any atom is 0.127 e. The van der Waals surface area contributed by atoms with Crippen LogP contribution in [0.1, 0.15) is 48.4 Å². The van der Waals surface area contributed by atoms with E-state index in [1.165, 1.54) is 11.6 Å². The highest BCUT2D eigenvalue weighted by Gasteiger charge is 2.24. The van der Waals surface area contributed by atoms with Crippen molar-refractivity contribution in [1.29, 1.82) is 0 Å². The van der Waals surface area contributed by atoms with Gasteiger partial charge in [0.1, 0.15) is 5.82 Å². The molecule has 0 aromatic heterocycles. The third kappa shape index (κ3) is 3.41. The Morgan fingerprint density at radius 2 is 1.67 bits per heavy atom. The Kier molecular flexibility index (Phi) is 4.65. The quantitative estimate of drug-likeness (QED) is 0.559. The lowest BCUT2D eigenvalue weighted by Crippen LogP contribution is -2.15. The van der Waals surface area contributed by atoms with Crippen LogP contribution in [0.3, 0.4) is 0 Å². The lowest BCUT2D eigenvalue weighted by atomic mass is 9.82. The van der Waals surface area contributed by atoms with Crippen LogP contribution in [0.4, 0.5) is 4.39 Å². The van der Waals surface area contributed by atoms with E-state index in [4.69, 9.17) is 23.2 Å². The zero-order valence-corrected chi connectivity index (χ0v) is 14.2. The summed E-state index contributed by atoms with van der Waals surface area (Å²) in [4.78, 5) is 0. The summed E-state index contributed by atoms with van der Waals surface area (Å²) in [6, 6.07) is 11.1. The van der Waals surface area contributed by atoms with Gasteiger partial charge in [-0.15, -0.1) is 11.6 Å². The fourth-order valence-electron chi connectivity index (χ4n) is 2.44. The number of rotatable bonds is 2. The first kappa shape index (κ1) is 16.3. The molecule has 2 rings (SSSR count). The molecule has 0 saturated carbocycles. The lowest BCUT2D eigenvalue weighted by molar-refractivity contribution is 0.583. The minimum Gasteiger partial charge on any atom is -0.207 e. The number of hydrogen-bond donors (Lipinski definition) is 0. The molecule has 0 heterocycles. The van der Waals surface area contributed by atoms with Gasteiger partial charge in [0.05, 0.1) is 5.38 Å². The molecule has 2 aromatic rings. The van der Waals surface area contributed by atoms with Crippen LogP contribution in [0.2, 0.25) is 5.02 Å². The van der Waals surface area contributed by atoms with Gasteiger partial charge in [-0.1, -0.05) is 56.6 Å². The molecule has 0 spiro atoms. The van der Waals surface area contributed by atoms with Crippen molar-refractivity contribution in [3.63, 3.8) is 0 Å². The van der Waals surface area contributed by atoms with Gasteiger partial charge < -0.3 is 0 Å². The van der Waals surface area contributed by atoms with Crippen LogP contribution in [0.25, 0.3) is 0 Å². The molecular formula is C18H19Cl2F. The summed E-state index contributed by atoms with van der Waals surface area (Å²) in [5.74, 6) is -0.309. The van der Waals surface area contributed by atoms with E-state index >= 15 is 0 Å². The van der Waals surface area contributed by atoms with Crippen molar-refractivity contribution in [3.8, 4) is 0 Å². The second-order valence-corrected chi connectivity index (χ2v) is 7.17. The Hall–Kier alpha value is -1.05. The minimum absolute atomic E-state index is 0.0225. The first-order valence-electron chi connectivity index (χ1n) is 6.91. The monoisotopic (exact) mass is 324 g/mol. The smallest absolute Gasteiger partial charge is 0.127 e. The normalized spacial score (nSPS) is 13.3. The van der Waals surface area contributed by atoms with Crippen LogP contribution in [0.5, 0.6) is 0 Å². The van der Waals surface area contributed by atoms with Crippen LogP contribution >= 0.6 is 23.2 Å². The number of aryl methyl sites for hydroxylation is 1. The van der Waals surface area contributed by atoms with Gasteiger partial charge in [0.15, 0.2) is 0 Å². The van der Waals surface area contributed by atoms with E-state index in [9.17, 15) is 4.39 Å². The molecule has 0 fully saturated rings. The molecule has 0 radical (unpaired) electrons. The molecule has 0 aliphatic rings. The fourth-order valence-corrected chi connectivity index (χ4v) is 3.13. The highest BCUT2D eigenvalue weighted by atomic mass is 35.5. The van der Waals surface area contributed by atoms with Crippen molar-refractivity contribution < 1.29 is 4.39 Å². The zero-order valence-electron chi connectivity index (χ0n) is 12.7. The summed E-state index contributed by atoms with van der Waals surface area (Å²) in [5, 5.41) is -0.0333. The Bertz CT molecular complexity index is 657. The summed E-state index contributed by atoms with van der Waals surface area (Å²) in [7, 11) is 0. The third-order valence-electron chi connectivity index (χ3n) is 3.59. The Labute approximate surface area is 135 Å². The van der Waals surface area contributed by atoms with E-state index in [0.29, 0.717) is 10.6 Å². The van der Waals surface area contributed by atoms with E-state index in [-0.39, 0.29) is 11.2 Å².